The second-order valence-corrected chi connectivity index (χ2v) is 6.17. The zero-order chi connectivity index (χ0) is 13.7. The van der Waals surface area contributed by atoms with E-state index in [1.165, 1.54) is 12.6 Å². The van der Waals surface area contributed by atoms with Gasteiger partial charge in [0.15, 0.2) is 0 Å². The Bertz CT molecular complexity index is 414. The molecule has 1 aromatic heterocycles. The van der Waals surface area contributed by atoms with Gasteiger partial charge >= 0.3 is 0 Å². The Labute approximate surface area is 119 Å². The summed E-state index contributed by atoms with van der Waals surface area (Å²) < 4.78 is 13.4. The van der Waals surface area contributed by atoms with Crippen LogP contribution >= 0.6 is 11.8 Å². The van der Waals surface area contributed by atoms with Crippen LogP contribution in [0.15, 0.2) is 12.3 Å². The Morgan fingerprint density at radius 1 is 1.53 bits per heavy atom. The molecule has 5 heteroatoms. The maximum absolute atomic E-state index is 13.4. The Morgan fingerprint density at radius 3 is 3.11 bits per heavy atom. The Kier molecular flexibility index (Phi) is 5.45. The number of hydrogen-bond acceptors (Lipinski definition) is 4. The van der Waals surface area contributed by atoms with Gasteiger partial charge in [0, 0.05) is 36.2 Å². The summed E-state index contributed by atoms with van der Waals surface area (Å²) in [5, 5.41) is 3.92. The van der Waals surface area contributed by atoms with Gasteiger partial charge in [0.05, 0.1) is 6.20 Å². The van der Waals surface area contributed by atoms with Crippen molar-refractivity contribution in [3.8, 4) is 0 Å². The molecule has 0 aromatic carbocycles. The molecular weight excluding hydrogens is 261 g/mol. The molecule has 1 saturated heterocycles. The average Bonchev–Trinajstić information content (AvgIpc) is 2.45. The fourth-order valence-electron chi connectivity index (χ4n) is 2.31. The Balaban J connectivity index is 2.17. The van der Waals surface area contributed by atoms with Crippen molar-refractivity contribution in [2.45, 2.75) is 32.1 Å². The number of halogens is 1. The maximum atomic E-state index is 13.4. The number of rotatable bonds is 5. The van der Waals surface area contributed by atoms with E-state index < -0.39 is 0 Å². The number of nitrogens with zero attached hydrogens (tertiary/aromatic N) is 2. The van der Waals surface area contributed by atoms with Crippen LogP contribution in [0.25, 0.3) is 0 Å². The first kappa shape index (κ1) is 14.6. The summed E-state index contributed by atoms with van der Waals surface area (Å²) in [6.07, 6.45) is 2.50. The molecule has 2 rings (SSSR count). The molecule has 2 heterocycles. The normalized spacial score (nSPS) is 19.7. The molecule has 19 heavy (non-hydrogen) atoms. The third-order valence-corrected chi connectivity index (χ3v) is 4.74. The first-order chi connectivity index (χ1) is 9.24. The second-order valence-electron chi connectivity index (χ2n) is 4.76. The number of thioether (sulfide) groups is 1. The lowest BCUT2D eigenvalue weighted by molar-refractivity contribution is 0.611. The molecule has 106 valence electrons. The lowest BCUT2D eigenvalue weighted by Gasteiger charge is -2.34. The number of nitrogens with one attached hydrogen (secondary N) is 1. The molecule has 1 unspecified atom stereocenters. The smallest absolute Gasteiger partial charge is 0.141 e. The van der Waals surface area contributed by atoms with Gasteiger partial charge in [0.1, 0.15) is 11.6 Å². The summed E-state index contributed by atoms with van der Waals surface area (Å²) in [4.78, 5) is 6.63. The molecule has 0 radical (unpaired) electrons. The van der Waals surface area contributed by atoms with E-state index in [1.54, 1.807) is 6.07 Å². The number of anilines is 1. The predicted molar refractivity (Wildman–Crippen MR) is 80.3 cm³/mol. The maximum Gasteiger partial charge on any atom is 0.141 e. The van der Waals surface area contributed by atoms with E-state index in [4.69, 9.17) is 0 Å². The first-order valence-electron chi connectivity index (χ1n) is 6.96. The highest BCUT2D eigenvalue weighted by molar-refractivity contribution is 8.00. The van der Waals surface area contributed by atoms with Crippen LogP contribution in [-0.4, -0.2) is 35.6 Å². The highest BCUT2D eigenvalue weighted by Crippen LogP contribution is 2.27. The van der Waals surface area contributed by atoms with Gasteiger partial charge in [-0.3, -0.25) is 0 Å². The van der Waals surface area contributed by atoms with Gasteiger partial charge < -0.3 is 10.2 Å². The van der Waals surface area contributed by atoms with Gasteiger partial charge in [-0.05, 0) is 19.0 Å². The highest BCUT2D eigenvalue weighted by atomic mass is 32.2. The van der Waals surface area contributed by atoms with E-state index in [0.717, 1.165) is 36.8 Å². The van der Waals surface area contributed by atoms with Crippen molar-refractivity contribution in [2.24, 2.45) is 0 Å². The fourth-order valence-corrected chi connectivity index (χ4v) is 3.49. The topological polar surface area (TPSA) is 28.2 Å². The monoisotopic (exact) mass is 283 g/mol. The predicted octanol–water partition coefficient (Wildman–Crippen LogP) is 2.66. The van der Waals surface area contributed by atoms with Crippen molar-refractivity contribution in [3.63, 3.8) is 0 Å². The first-order valence-corrected chi connectivity index (χ1v) is 8.01. The molecule has 1 atom stereocenters. The largest absolute Gasteiger partial charge is 0.354 e. The summed E-state index contributed by atoms with van der Waals surface area (Å²) in [5.74, 6) is 1.81. The summed E-state index contributed by atoms with van der Waals surface area (Å²) >= 11 is 2.03. The van der Waals surface area contributed by atoms with Crippen LogP contribution in [0.2, 0.25) is 0 Å². The van der Waals surface area contributed by atoms with Gasteiger partial charge in [0.2, 0.25) is 0 Å². The average molecular weight is 283 g/mol. The van der Waals surface area contributed by atoms with E-state index in [2.05, 4.69) is 29.0 Å². The van der Waals surface area contributed by atoms with Crippen molar-refractivity contribution in [1.82, 2.24) is 10.3 Å². The van der Waals surface area contributed by atoms with Crippen LogP contribution in [0.3, 0.4) is 0 Å². The Hall–Kier alpha value is -0.810. The molecular formula is C14H22FN3S. The van der Waals surface area contributed by atoms with Crippen LogP contribution in [-0.2, 0) is 6.54 Å². The number of aromatic nitrogens is 1. The van der Waals surface area contributed by atoms with Gasteiger partial charge in [-0.1, -0.05) is 13.8 Å². The van der Waals surface area contributed by atoms with Gasteiger partial charge in [-0.15, -0.1) is 0 Å². The third-order valence-electron chi connectivity index (χ3n) is 3.37. The molecule has 1 aromatic rings. The van der Waals surface area contributed by atoms with Crippen LogP contribution in [0.4, 0.5) is 10.2 Å². The molecule has 1 aliphatic heterocycles. The molecule has 0 aliphatic carbocycles. The highest BCUT2D eigenvalue weighted by Gasteiger charge is 2.22. The minimum absolute atomic E-state index is 0.255. The fraction of sp³-hybridized carbons (Fsp3) is 0.643. The standard InChI is InChI=1S/C14H22FN3S/c1-3-13-10-18(5-6-19-13)14-11(8-16-4-2)7-12(15)9-17-14/h7,9,13,16H,3-6,8,10H2,1-2H3. The lowest BCUT2D eigenvalue weighted by Crippen LogP contribution is -2.39. The second kappa shape index (κ2) is 7.10. The van der Waals surface area contributed by atoms with E-state index in [-0.39, 0.29) is 5.82 Å². The molecule has 0 bridgehead atoms. The Morgan fingerprint density at radius 2 is 2.37 bits per heavy atom. The summed E-state index contributed by atoms with van der Waals surface area (Å²) in [7, 11) is 0. The van der Waals surface area contributed by atoms with E-state index in [1.807, 2.05) is 11.8 Å². The molecule has 1 N–H and O–H groups in total. The zero-order valence-electron chi connectivity index (χ0n) is 11.7. The van der Waals surface area contributed by atoms with Crippen molar-refractivity contribution in [1.29, 1.82) is 0 Å². The van der Waals surface area contributed by atoms with E-state index >= 15 is 0 Å². The van der Waals surface area contributed by atoms with Crippen molar-refractivity contribution in [2.75, 3.05) is 30.3 Å². The SMILES string of the molecule is CCNCc1cc(F)cnc1N1CCSC(CC)C1. The van der Waals surface area contributed by atoms with Gasteiger partial charge in [-0.25, -0.2) is 9.37 Å². The van der Waals surface area contributed by atoms with Crippen LogP contribution < -0.4 is 10.2 Å². The van der Waals surface area contributed by atoms with Gasteiger partial charge in [-0.2, -0.15) is 11.8 Å². The van der Waals surface area contributed by atoms with Crippen LogP contribution in [0, 0.1) is 5.82 Å². The number of hydrogen-bond donors (Lipinski definition) is 1. The summed E-state index contributed by atoms with van der Waals surface area (Å²) in [6, 6.07) is 1.60. The third kappa shape index (κ3) is 3.83. The lowest BCUT2D eigenvalue weighted by atomic mass is 10.2. The molecule has 1 aliphatic rings. The van der Waals surface area contributed by atoms with Crippen molar-refractivity contribution < 1.29 is 4.39 Å². The molecule has 0 saturated carbocycles. The van der Waals surface area contributed by atoms with Gasteiger partial charge in [0.25, 0.3) is 0 Å². The minimum atomic E-state index is -0.255. The van der Waals surface area contributed by atoms with Crippen LogP contribution in [0.1, 0.15) is 25.8 Å². The molecule has 0 amide bonds. The summed E-state index contributed by atoms with van der Waals surface area (Å²) in [6.45, 7) is 7.84. The molecule has 1 fully saturated rings. The molecule has 0 spiro atoms. The minimum Gasteiger partial charge on any atom is -0.354 e. The van der Waals surface area contributed by atoms with E-state index in [0.29, 0.717) is 11.8 Å². The van der Waals surface area contributed by atoms with Crippen molar-refractivity contribution >= 4 is 17.6 Å². The van der Waals surface area contributed by atoms with Crippen molar-refractivity contribution in [3.05, 3.63) is 23.6 Å². The summed E-state index contributed by atoms with van der Waals surface area (Å²) in [5.41, 5.74) is 0.962. The van der Waals surface area contributed by atoms with E-state index in [9.17, 15) is 4.39 Å². The van der Waals surface area contributed by atoms with Crippen LogP contribution in [0.5, 0.6) is 0 Å². The number of pyridine rings is 1. The molecule has 3 nitrogen and oxygen atoms in total. The quantitative estimate of drug-likeness (QED) is 0.899. The zero-order valence-corrected chi connectivity index (χ0v) is 12.5.